The van der Waals surface area contributed by atoms with Gasteiger partial charge in [-0.15, -0.1) is 0 Å². The van der Waals surface area contributed by atoms with Crippen LogP contribution in [0.5, 0.6) is 0 Å². The molecule has 8 heteroatoms. The summed E-state index contributed by atoms with van der Waals surface area (Å²) in [5.41, 5.74) is 4.96. The molecule has 0 radical (unpaired) electrons. The van der Waals surface area contributed by atoms with Gasteiger partial charge < -0.3 is 10.2 Å². The first-order valence-corrected chi connectivity index (χ1v) is 14.0. The van der Waals surface area contributed by atoms with Gasteiger partial charge in [0.1, 0.15) is 12.6 Å². The molecule has 7 nitrogen and oxygen atoms in total. The van der Waals surface area contributed by atoms with Crippen LogP contribution in [0, 0.1) is 20.8 Å². The van der Waals surface area contributed by atoms with Gasteiger partial charge in [-0.05, 0) is 49.1 Å². The SMILES string of the molecule is CNC(=O)[C@H](Cc1ccccc1)N(Cc1ccc(C)cc1)C(=O)CN(c1cccc(C)c1C)S(C)(=O)=O. The zero-order valence-corrected chi connectivity index (χ0v) is 22.9. The number of nitrogens with one attached hydrogen (secondary N) is 1. The van der Waals surface area contributed by atoms with Crippen molar-refractivity contribution in [2.24, 2.45) is 0 Å². The maximum atomic E-state index is 13.9. The Balaban J connectivity index is 2.05. The molecule has 0 aliphatic rings. The van der Waals surface area contributed by atoms with Crippen LogP contribution in [-0.2, 0) is 32.6 Å². The van der Waals surface area contributed by atoms with Gasteiger partial charge in [-0.1, -0.05) is 72.3 Å². The zero-order chi connectivity index (χ0) is 27.2. The summed E-state index contributed by atoms with van der Waals surface area (Å²) in [4.78, 5) is 28.5. The molecule has 2 amide bonds. The van der Waals surface area contributed by atoms with E-state index in [0.29, 0.717) is 12.1 Å². The van der Waals surface area contributed by atoms with Gasteiger partial charge in [-0.25, -0.2) is 8.42 Å². The van der Waals surface area contributed by atoms with Crippen LogP contribution in [-0.4, -0.2) is 51.0 Å². The van der Waals surface area contributed by atoms with Crippen molar-refractivity contribution in [2.75, 3.05) is 24.2 Å². The average molecular weight is 522 g/mol. The van der Waals surface area contributed by atoms with Crippen LogP contribution in [0.25, 0.3) is 0 Å². The highest BCUT2D eigenvalue weighted by Gasteiger charge is 2.33. The van der Waals surface area contributed by atoms with E-state index in [1.807, 2.05) is 81.4 Å². The van der Waals surface area contributed by atoms with Gasteiger partial charge in [0, 0.05) is 20.0 Å². The maximum Gasteiger partial charge on any atom is 0.244 e. The minimum Gasteiger partial charge on any atom is -0.357 e. The molecule has 0 unspecified atom stereocenters. The molecule has 0 aliphatic carbocycles. The summed E-state index contributed by atoms with van der Waals surface area (Å²) in [5.74, 6) is -0.779. The lowest BCUT2D eigenvalue weighted by molar-refractivity contribution is -0.139. The highest BCUT2D eigenvalue weighted by atomic mass is 32.2. The monoisotopic (exact) mass is 521 g/mol. The normalized spacial score (nSPS) is 12.0. The van der Waals surface area contributed by atoms with Crippen molar-refractivity contribution in [3.63, 3.8) is 0 Å². The number of aryl methyl sites for hydroxylation is 2. The van der Waals surface area contributed by atoms with Gasteiger partial charge in [0.25, 0.3) is 0 Å². The Morgan fingerprint density at radius 1 is 0.865 bits per heavy atom. The zero-order valence-electron chi connectivity index (χ0n) is 22.1. The van der Waals surface area contributed by atoms with E-state index in [4.69, 9.17) is 0 Å². The summed E-state index contributed by atoms with van der Waals surface area (Å²) < 4.78 is 26.9. The average Bonchev–Trinajstić information content (AvgIpc) is 2.87. The molecule has 0 aromatic heterocycles. The molecule has 196 valence electrons. The summed E-state index contributed by atoms with van der Waals surface area (Å²) in [5, 5.41) is 2.68. The first-order valence-electron chi connectivity index (χ1n) is 12.2. The van der Waals surface area contributed by atoms with E-state index < -0.39 is 28.5 Å². The van der Waals surface area contributed by atoms with Gasteiger partial charge in [0.2, 0.25) is 21.8 Å². The Kier molecular flexibility index (Phi) is 9.10. The van der Waals surface area contributed by atoms with Crippen LogP contribution in [0.4, 0.5) is 5.69 Å². The quantitative estimate of drug-likeness (QED) is 0.440. The summed E-state index contributed by atoms with van der Waals surface area (Å²) in [6, 6.07) is 21.7. The number of hydrogen-bond acceptors (Lipinski definition) is 4. The van der Waals surface area contributed by atoms with Crippen molar-refractivity contribution < 1.29 is 18.0 Å². The van der Waals surface area contributed by atoms with Gasteiger partial charge in [-0.3, -0.25) is 13.9 Å². The van der Waals surface area contributed by atoms with Crippen molar-refractivity contribution >= 4 is 27.5 Å². The Morgan fingerprint density at radius 3 is 2.11 bits per heavy atom. The van der Waals surface area contributed by atoms with Crippen molar-refractivity contribution in [1.29, 1.82) is 0 Å². The lowest BCUT2D eigenvalue weighted by Gasteiger charge is -2.33. The predicted octanol–water partition coefficient (Wildman–Crippen LogP) is 3.76. The van der Waals surface area contributed by atoms with E-state index in [1.165, 1.54) is 11.9 Å². The maximum absolute atomic E-state index is 13.9. The second kappa shape index (κ2) is 12.1. The van der Waals surface area contributed by atoms with E-state index in [-0.39, 0.29) is 12.5 Å². The lowest BCUT2D eigenvalue weighted by atomic mass is 10.0. The second-order valence-electron chi connectivity index (χ2n) is 9.32. The van der Waals surface area contributed by atoms with Crippen LogP contribution in [0.1, 0.15) is 27.8 Å². The van der Waals surface area contributed by atoms with Gasteiger partial charge >= 0.3 is 0 Å². The number of hydrogen-bond donors (Lipinski definition) is 1. The number of carbonyl (C=O) groups is 2. The van der Waals surface area contributed by atoms with Gasteiger partial charge in [0.05, 0.1) is 11.9 Å². The van der Waals surface area contributed by atoms with E-state index >= 15 is 0 Å². The molecule has 0 saturated heterocycles. The topological polar surface area (TPSA) is 86.8 Å². The highest BCUT2D eigenvalue weighted by molar-refractivity contribution is 7.92. The molecule has 1 atom stereocenters. The van der Waals surface area contributed by atoms with Crippen molar-refractivity contribution in [2.45, 2.75) is 39.8 Å². The van der Waals surface area contributed by atoms with Crippen LogP contribution in [0.2, 0.25) is 0 Å². The highest BCUT2D eigenvalue weighted by Crippen LogP contribution is 2.26. The van der Waals surface area contributed by atoms with E-state index in [1.54, 1.807) is 12.1 Å². The molecule has 0 heterocycles. The number of carbonyl (C=O) groups excluding carboxylic acids is 2. The van der Waals surface area contributed by atoms with Crippen molar-refractivity contribution in [1.82, 2.24) is 10.2 Å². The summed E-state index contributed by atoms with van der Waals surface area (Å²) in [7, 11) is -2.25. The first kappa shape index (κ1) is 27.9. The molecule has 0 bridgehead atoms. The number of likely N-dealkylation sites (N-methyl/N-ethyl adjacent to an activating group) is 1. The molecule has 0 fully saturated rings. The fraction of sp³-hybridized carbons (Fsp3) is 0.310. The molecule has 3 rings (SSSR count). The number of nitrogens with zero attached hydrogens (tertiary/aromatic N) is 2. The van der Waals surface area contributed by atoms with Gasteiger partial charge in [-0.2, -0.15) is 0 Å². The number of sulfonamides is 1. The van der Waals surface area contributed by atoms with Crippen molar-refractivity contribution in [3.05, 3.63) is 101 Å². The lowest BCUT2D eigenvalue weighted by Crippen LogP contribution is -2.53. The number of rotatable bonds is 10. The Labute approximate surface area is 220 Å². The third-order valence-corrected chi connectivity index (χ3v) is 7.64. The smallest absolute Gasteiger partial charge is 0.244 e. The van der Waals surface area contributed by atoms with E-state index in [2.05, 4.69) is 5.32 Å². The molecule has 3 aromatic rings. The van der Waals surface area contributed by atoms with Crippen LogP contribution < -0.4 is 9.62 Å². The molecule has 37 heavy (non-hydrogen) atoms. The summed E-state index contributed by atoms with van der Waals surface area (Å²) in [6.07, 6.45) is 1.38. The van der Waals surface area contributed by atoms with E-state index in [9.17, 15) is 18.0 Å². The minimum atomic E-state index is -3.79. The molecule has 0 spiro atoms. The predicted molar refractivity (Wildman–Crippen MR) is 148 cm³/mol. The standard InChI is InChI=1S/C29H35N3O4S/c1-21-14-16-25(17-15-21)19-31(27(29(34)30-4)18-24-11-7-6-8-12-24)28(33)20-32(37(5,35)36)26-13-9-10-22(2)23(26)3/h6-17,27H,18-20H2,1-5H3,(H,30,34)/t27-/m0/s1. The van der Waals surface area contributed by atoms with Crippen LogP contribution >= 0.6 is 0 Å². The third-order valence-electron chi connectivity index (χ3n) is 6.51. The van der Waals surface area contributed by atoms with E-state index in [0.717, 1.165) is 38.4 Å². The minimum absolute atomic E-state index is 0.161. The van der Waals surface area contributed by atoms with Gasteiger partial charge in [0.15, 0.2) is 0 Å². The number of benzene rings is 3. The molecule has 1 N–H and O–H groups in total. The molecular weight excluding hydrogens is 486 g/mol. The number of anilines is 1. The molecular formula is C29H35N3O4S. The largest absolute Gasteiger partial charge is 0.357 e. The second-order valence-corrected chi connectivity index (χ2v) is 11.2. The summed E-state index contributed by atoms with van der Waals surface area (Å²) >= 11 is 0. The van der Waals surface area contributed by atoms with Crippen LogP contribution in [0.15, 0.2) is 72.8 Å². The first-order chi connectivity index (χ1) is 17.5. The molecule has 3 aromatic carbocycles. The fourth-order valence-corrected chi connectivity index (χ4v) is 5.11. The van der Waals surface area contributed by atoms with Crippen LogP contribution in [0.3, 0.4) is 0 Å². The summed E-state index contributed by atoms with van der Waals surface area (Å²) in [6.45, 7) is 5.45. The van der Waals surface area contributed by atoms with Crippen molar-refractivity contribution in [3.8, 4) is 0 Å². The Hall–Kier alpha value is -3.65. The third kappa shape index (κ3) is 7.20. The molecule has 0 saturated carbocycles. The Morgan fingerprint density at radius 2 is 1.51 bits per heavy atom. The molecule has 0 aliphatic heterocycles. The fourth-order valence-electron chi connectivity index (χ4n) is 4.21. The number of amides is 2. The Bertz CT molecular complexity index is 1340.